The van der Waals surface area contributed by atoms with Gasteiger partial charge < -0.3 is 0 Å². The SMILES string of the molecule is C=CCn1c(SCc2ccccc2F)nnc1-c1csc2c1CC[C@@H](C)C2. The molecule has 0 bridgehead atoms. The van der Waals surface area contributed by atoms with E-state index in [9.17, 15) is 4.39 Å². The lowest BCUT2D eigenvalue weighted by molar-refractivity contribution is 0.508. The molecular weight excluding hydrogens is 377 g/mol. The molecule has 1 atom stereocenters. The summed E-state index contributed by atoms with van der Waals surface area (Å²) >= 11 is 3.35. The highest BCUT2D eigenvalue weighted by molar-refractivity contribution is 7.98. The molecule has 1 aliphatic carbocycles. The maximum Gasteiger partial charge on any atom is 0.192 e. The summed E-state index contributed by atoms with van der Waals surface area (Å²) in [7, 11) is 0. The van der Waals surface area contributed by atoms with Crippen LogP contribution in [-0.2, 0) is 25.1 Å². The zero-order chi connectivity index (χ0) is 18.8. The van der Waals surface area contributed by atoms with Gasteiger partial charge in [0.15, 0.2) is 11.0 Å². The second-order valence-electron chi connectivity index (χ2n) is 6.98. The van der Waals surface area contributed by atoms with Gasteiger partial charge >= 0.3 is 0 Å². The smallest absolute Gasteiger partial charge is 0.192 e. The Morgan fingerprint density at radius 2 is 2.22 bits per heavy atom. The number of aromatic nitrogens is 3. The third-order valence-electron chi connectivity index (χ3n) is 4.99. The Labute approximate surface area is 167 Å². The molecule has 1 aromatic carbocycles. The molecule has 0 fully saturated rings. The molecule has 0 amide bonds. The summed E-state index contributed by atoms with van der Waals surface area (Å²) < 4.78 is 16.0. The van der Waals surface area contributed by atoms with Gasteiger partial charge in [0.1, 0.15) is 5.82 Å². The number of hydrogen-bond donors (Lipinski definition) is 0. The first-order valence-corrected chi connectivity index (χ1v) is 11.0. The summed E-state index contributed by atoms with van der Waals surface area (Å²) in [5.41, 5.74) is 3.31. The number of nitrogens with zero attached hydrogens (tertiary/aromatic N) is 3. The zero-order valence-corrected chi connectivity index (χ0v) is 17.0. The van der Waals surface area contributed by atoms with Crippen LogP contribution in [0, 0.1) is 11.7 Å². The molecule has 6 heteroatoms. The summed E-state index contributed by atoms with van der Waals surface area (Å²) in [4.78, 5) is 1.48. The fourth-order valence-electron chi connectivity index (χ4n) is 3.51. The van der Waals surface area contributed by atoms with Crippen molar-refractivity contribution < 1.29 is 4.39 Å². The van der Waals surface area contributed by atoms with E-state index in [1.165, 1.54) is 40.3 Å². The van der Waals surface area contributed by atoms with E-state index < -0.39 is 0 Å². The molecule has 140 valence electrons. The normalized spacial score (nSPS) is 16.3. The van der Waals surface area contributed by atoms with Crippen LogP contribution >= 0.6 is 23.1 Å². The van der Waals surface area contributed by atoms with Crippen molar-refractivity contribution in [3.8, 4) is 11.4 Å². The second-order valence-corrected chi connectivity index (χ2v) is 8.89. The third kappa shape index (κ3) is 3.73. The number of rotatable bonds is 6. The Kier molecular flexibility index (Phi) is 5.45. The monoisotopic (exact) mass is 399 g/mol. The molecule has 3 aromatic rings. The van der Waals surface area contributed by atoms with Gasteiger partial charge in [-0.2, -0.15) is 0 Å². The van der Waals surface area contributed by atoms with Crippen LogP contribution in [0.5, 0.6) is 0 Å². The number of fused-ring (bicyclic) bond motifs is 1. The van der Waals surface area contributed by atoms with Crippen LogP contribution in [-0.4, -0.2) is 14.8 Å². The summed E-state index contributed by atoms with van der Waals surface area (Å²) in [6.07, 6.45) is 5.35. The molecule has 3 nitrogen and oxygen atoms in total. The molecule has 2 aromatic heterocycles. The highest BCUT2D eigenvalue weighted by atomic mass is 32.2. The van der Waals surface area contributed by atoms with Crippen LogP contribution in [0.2, 0.25) is 0 Å². The van der Waals surface area contributed by atoms with Crippen LogP contribution in [0.3, 0.4) is 0 Å². The maximum atomic E-state index is 13.9. The van der Waals surface area contributed by atoms with E-state index in [0.717, 1.165) is 29.7 Å². The minimum absolute atomic E-state index is 0.180. The van der Waals surface area contributed by atoms with E-state index in [1.54, 1.807) is 6.07 Å². The van der Waals surface area contributed by atoms with Crippen molar-refractivity contribution in [1.29, 1.82) is 0 Å². The van der Waals surface area contributed by atoms with Crippen LogP contribution in [0.15, 0.2) is 47.5 Å². The van der Waals surface area contributed by atoms with Gasteiger partial charge in [0.25, 0.3) is 0 Å². The first-order chi connectivity index (χ1) is 13.2. The molecule has 0 saturated heterocycles. The summed E-state index contributed by atoms with van der Waals surface area (Å²) in [5, 5.41) is 11.9. The van der Waals surface area contributed by atoms with E-state index in [1.807, 2.05) is 29.5 Å². The van der Waals surface area contributed by atoms with E-state index in [0.29, 0.717) is 17.9 Å². The third-order valence-corrected chi connectivity index (χ3v) is 7.05. The highest BCUT2D eigenvalue weighted by Gasteiger charge is 2.24. The molecule has 4 rings (SSSR count). The molecule has 0 spiro atoms. The Morgan fingerprint density at radius 1 is 1.37 bits per heavy atom. The average Bonchev–Trinajstić information content (AvgIpc) is 3.25. The van der Waals surface area contributed by atoms with E-state index in [-0.39, 0.29) is 5.82 Å². The van der Waals surface area contributed by atoms with Crippen molar-refractivity contribution in [1.82, 2.24) is 14.8 Å². The van der Waals surface area contributed by atoms with Crippen LogP contribution in [0.4, 0.5) is 4.39 Å². The molecule has 0 N–H and O–H groups in total. The van der Waals surface area contributed by atoms with Gasteiger partial charge in [-0.15, -0.1) is 28.1 Å². The Hall–Kier alpha value is -1.92. The average molecular weight is 400 g/mol. The molecule has 0 aliphatic heterocycles. The molecule has 0 radical (unpaired) electrons. The predicted octanol–water partition coefficient (Wildman–Crippen LogP) is 5.75. The number of hydrogen-bond acceptors (Lipinski definition) is 4. The number of thiophene rings is 1. The van der Waals surface area contributed by atoms with Crippen LogP contribution < -0.4 is 0 Å². The van der Waals surface area contributed by atoms with Crippen molar-refractivity contribution in [2.45, 2.75) is 43.6 Å². The summed E-state index contributed by atoms with van der Waals surface area (Å²) in [6, 6.07) is 6.88. The Balaban J connectivity index is 1.63. The van der Waals surface area contributed by atoms with Crippen LogP contribution in [0.1, 0.15) is 29.3 Å². The zero-order valence-electron chi connectivity index (χ0n) is 15.3. The molecular formula is C21H22FN3S2. The lowest BCUT2D eigenvalue weighted by atomic mass is 9.88. The van der Waals surface area contributed by atoms with Crippen molar-refractivity contribution in [3.63, 3.8) is 0 Å². The van der Waals surface area contributed by atoms with Gasteiger partial charge in [-0.05, 0) is 42.4 Å². The lowest BCUT2D eigenvalue weighted by Gasteiger charge is -2.19. The number of halogens is 1. The fraction of sp³-hybridized carbons (Fsp3) is 0.333. The first kappa shape index (κ1) is 18.4. The molecule has 2 heterocycles. The standard InChI is InChI=1S/C21H22FN3S2/c1-3-10-25-20(17-13-26-19-11-14(2)8-9-16(17)19)23-24-21(25)27-12-15-6-4-5-7-18(15)22/h3-7,13-14H,1,8-12H2,2H3/t14-/m1/s1. The van der Waals surface area contributed by atoms with Gasteiger partial charge in [0, 0.05) is 28.1 Å². The van der Waals surface area contributed by atoms with E-state index in [2.05, 4.69) is 33.6 Å². The summed E-state index contributed by atoms with van der Waals surface area (Å²) in [6.45, 7) is 6.85. The molecule has 1 aliphatic rings. The quantitative estimate of drug-likeness (QED) is 0.391. The fourth-order valence-corrected chi connectivity index (χ4v) is 5.69. The van der Waals surface area contributed by atoms with Gasteiger partial charge in [0.05, 0.1) is 0 Å². The second kappa shape index (κ2) is 7.98. The van der Waals surface area contributed by atoms with Crippen molar-refractivity contribution in [3.05, 3.63) is 64.1 Å². The Bertz CT molecular complexity index is 960. The minimum Gasteiger partial charge on any atom is -0.298 e. The number of benzene rings is 1. The maximum absolute atomic E-state index is 13.9. The lowest BCUT2D eigenvalue weighted by Crippen LogP contribution is -2.10. The predicted molar refractivity (Wildman–Crippen MR) is 111 cm³/mol. The number of thioether (sulfide) groups is 1. The van der Waals surface area contributed by atoms with Crippen molar-refractivity contribution >= 4 is 23.1 Å². The molecule has 0 saturated carbocycles. The van der Waals surface area contributed by atoms with Gasteiger partial charge in [-0.25, -0.2) is 4.39 Å². The Morgan fingerprint density at radius 3 is 3.04 bits per heavy atom. The topological polar surface area (TPSA) is 30.7 Å². The van der Waals surface area contributed by atoms with Crippen molar-refractivity contribution in [2.24, 2.45) is 5.92 Å². The van der Waals surface area contributed by atoms with E-state index >= 15 is 0 Å². The van der Waals surface area contributed by atoms with Crippen molar-refractivity contribution in [2.75, 3.05) is 0 Å². The van der Waals surface area contributed by atoms with Gasteiger partial charge in [-0.3, -0.25) is 4.57 Å². The van der Waals surface area contributed by atoms with E-state index in [4.69, 9.17) is 0 Å². The summed E-state index contributed by atoms with van der Waals surface area (Å²) in [5.74, 6) is 2.00. The molecule has 0 unspecified atom stereocenters. The van der Waals surface area contributed by atoms with Crippen LogP contribution in [0.25, 0.3) is 11.4 Å². The first-order valence-electron chi connectivity index (χ1n) is 9.17. The molecule has 27 heavy (non-hydrogen) atoms. The number of allylic oxidation sites excluding steroid dienone is 1. The van der Waals surface area contributed by atoms with Gasteiger partial charge in [0.2, 0.25) is 0 Å². The highest BCUT2D eigenvalue weighted by Crippen LogP contribution is 2.38. The van der Waals surface area contributed by atoms with Gasteiger partial charge in [-0.1, -0.05) is 43.0 Å². The minimum atomic E-state index is -0.180. The largest absolute Gasteiger partial charge is 0.298 e.